The van der Waals surface area contributed by atoms with Gasteiger partial charge in [0.15, 0.2) is 23.0 Å². The van der Waals surface area contributed by atoms with E-state index in [0.29, 0.717) is 36.0 Å². The van der Waals surface area contributed by atoms with Crippen molar-refractivity contribution in [3.63, 3.8) is 0 Å². The molecule has 2 aromatic heterocycles. The van der Waals surface area contributed by atoms with E-state index >= 15 is 0 Å². The third-order valence-corrected chi connectivity index (χ3v) is 6.51. The van der Waals surface area contributed by atoms with Crippen LogP contribution in [0.3, 0.4) is 0 Å². The quantitative estimate of drug-likeness (QED) is 0.322. The fourth-order valence-electron chi connectivity index (χ4n) is 3.71. The number of aryl methyl sites for hydroxylation is 1. The smallest absolute Gasteiger partial charge is 0.332 e. The third kappa shape index (κ3) is 4.42. The molecule has 5 rings (SSSR count). The van der Waals surface area contributed by atoms with Crippen molar-refractivity contribution < 1.29 is 18.7 Å². The molecule has 0 saturated heterocycles. The zero-order valence-corrected chi connectivity index (χ0v) is 20.1. The minimum Gasteiger partial charge on any atom is -0.486 e. The molecule has 1 aliphatic rings. The SMILES string of the molecule is Cn1c(=O)c2c(SCC(=O)Nc3ccc4c(c3)OCCO4)nc(-c3ccc(F)cc3)nc2n(C)c1=O. The molecule has 0 spiro atoms. The van der Waals surface area contributed by atoms with Crippen molar-refractivity contribution in [1.82, 2.24) is 19.1 Å². The Kier molecular flexibility index (Phi) is 6.18. The van der Waals surface area contributed by atoms with E-state index in [1.165, 1.54) is 42.9 Å². The monoisotopic (exact) mass is 509 g/mol. The highest BCUT2D eigenvalue weighted by molar-refractivity contribution is 8.00. The second-order valence-corrected chi connectivity index (χ2v) is 8.92. The predicted octanol–water partition coefficient (Wildman–Crippen LogP) is 2.34. The number of thioether (sulfide) groups is 1. The summed E-state index contributed by atoms with van der Waals surface area (Å²) in [6.07, 6.45) is 0. The predicted molar refractivity (Wildman–Crippen MR) is 132 cm³/mol. The number of ether oxygens (including phenoxy) is 2. The summed E-state index contributed by atoms with van der Waals surface area (Å²) in [5.41, 5.74) is 0.0148. The molecule has 1 N–H and O–H groups in total. The van der Waals surface area contributed by atoms with E-state index in [0.717, 1.165) is 16.3 Å². The van der Waals surface area contributed by atoms with E-state index in [4.69, 9.17) is 9.47 Å². The number of nitrogens with zero attached hydrogens (tertiary/aromatic N) is 4. The number of benzene rings is 2. The molecule has 184 valence electrons. The fourth-order valence-corrected chi connectivity index (χ4v) is 4.53. The Balaban J connectivity index is 1.48. The Hall–Kier alpha value is -4.19. The van der Waals surface area contributed by atoms with Gasteiger partial charge < -0.3 is 14.8 Å². The lowest BCUT2D eigenvalue weighted by Crippen LogP contribution is -2.37. The summed E-state index contributed by atoms with van der Waals surface area (Å²) in [6, 6.07) is 10.6. The number of nitrogens with one attached hydrogen (secondary N) is 1. The molecule has 0 saturated carbocycles. The minimum absolute atomic E-state index is 0.0740. The van der Waals surface area contributed by atoms with Crippen molar-refractivity contribution in [3.05, 3.63) is 69.1 Å². The van der Waals surface area contributed by atoms with Crippen LogP contribution < -0.4 is 26.0 Å². The molecule has 0 bridgehead atoms. The minimum atomic E-state index is -0.575. The van der Waals surface area contributed by atoms with Crippen LogP contribution in [-0.2, 0) is 18.9 Å². The molecule has 0 atom stereocenters. The summed E-state index contributed by atoms with van der Waals surface area (Å²) in [4.78, 5) is 47.1. The first-order chi connectivity index (χ1) is 17.3. The van der Waals surface area contributed by atoms with Gasteiger partial charge in [-0.05, 0) is 36.4 Å². The highest BCUT2D eigenvalue weighted by Crippen LogP contribution is 2.33. The van der Waals surface area contributed by atoms with Gasteiger partial charge in [-0.15, -0.1) is 0 Å². The Bertz CT molecular complexity index is 1620. The summed E-state index contributed by atoms with van der Waals surface area (Å²) in [5.74, 6) is 0.507. The van der Waals surface area contributed by atoms with E-state index in [2.05, 4.69) is 15.3 Å². The van der Waals surface area contributed by atoms with E-state index < -0.39 is 17.1 Å². The van der Waals surface area contributed by atoms with Gasteiger partial charge in [0.2, 0.25) is 5.91 Å². The highest BCUT2D eigenvalue weighted by atomic mass is 32.2. The maximum atomic E-state index is 13.4. The lowest BCUT2D eigenvalue weighted by atomic mass is 10.2. The van der Waals surface area contributed by atoms with Crippen LogP contribution in [0.5, 0.6) is 11.5 Å². The van der Waals surface area contributed by atoms with Crippen LogP contribution >= 0.6 is 11.8 Å². The number of halogens is 1. The average molecular weight is 510 g/mol. The molecule has 0 aliphatic carbocycles. The second kappa shape index (κ2) is 9.46. The third-order valence-electron chi connectivity index (χ3n) is 5.54. The Morgan fingerprint density at radius 3 is 2.50 bits per heavy atom. The van der Waals surface area contributed by atoms with E-state index in [1.54, 1.807) is 18.2 Å². The maximum absolute atomic E-state index is 13.4. The lowest BCUT2D eigenvalue weighted by molar-refractivity contribution is -0.113. The van der Waals surface area contributed by atoms with Gasteiger partial charge in [-0.2, -0.15) is 0 Å². The van der Waals surface area contributed by atoms with Gasteiger partial charge in [-0.1, -0.05) is 11.8 Å². The maximum Gasteiger partial charge on any atom is 0.332 e. The van der Waals surface area contributed by atoms with Crippen LogP contribution in [0.2, 0.25) is 0 Å². The number of hydrogen-bond donors (Lipinski definition) is 1. The number of fused-ring (bicyclic) bond motifs is 2. The normalized spacial score (nSPS) is 12.5. The molecule has 0 unspecified atom stereocenters. The molecule has 10 nitrogen and oxygen atoms in total. The lowest BCUT2D eigenvalue weighted by Gasteiger charge is -2.19. The molecule has 36 heavy (non-hydrogen) atoms. The van der Waals surface area contributed by atoms with Gasteiger partial charge in [0.05, 0.1) is 5.75 Å². The molecule has 12 heteroatoms. The van der Waals surface area contributed by atoms with E-state index in [9.17, 15) is 18.8 Å². The first-order valence-corrected chi connectivity index (χ1v) is 11.9. The highest BCUT2D eigenvalue weighted by Gasteiger charge is 2.19. The summed E-state index contributed by atoms with van der Waals surface area (Å²) in [5, 5.41) is 3.13. The summed E-state index contributed by atoms with van der Waals surface area (Å²) >= 11 is 1.03. The molecular weight excluding hydrogens is 489 g/mol. The van der Waals surface area contributed by atoms with Gasteiger partial charge in [0, 0.05) is 31.4 Å². The molecule has 0 radical (unpaired) electrons. The van der Waals surface area contributed by atoms with Crippen LogP contribution in [0.1, 0.15) is 0 Å². The molecule has 2 aromatic carbocycles. The Morgan fingerprint density at radius 2 is 1.75 bits per heavy atom. The number of aromatic nitrogens is 4. The average Bonchev–Trinajstić information content (AvgIpc) is 2.89. The molecular formula is C24H20FN5O5S. The van der Waals surface area contributed by atoms with Crippen LogP contribution in [-0.4, -0.2) is 44.0 Å². The largest absolute Gasteiger partial charge is 0.486 e. The van der Waals surface area contributed by atoms with Crippen LogP contribution in [0.4, 0.5) is 10.1 Å². The first kappa shape index (κ1) is 23.5. The van der Waals surface area contributed by atoms with Crippen molar-refractivity contribution in [2.24, 2.45) is 14.1 Å². The number of carbonyl (C=O) groups is 1. The molecule has 0 fully saturated rings. The zero-order chi connectivity index (χ0) is 25.4. The van der Waals surface area contributed by atoms with Crippen molar-refractivity contribution in [2.45, 2.75) is 5.03 Å². The van der Waals surface area contributed by atoms with Gasteiger partial charge in [0.25, 0.3) is 5.56 Å². The number of hydrogen-bond acceptors (Lipinski definition) is 8. The van der Waals surface area contributed by atoms with Crippen LogP contribution in [0.25, 0.3) is 22.4 Å². The first-order valence-electron chi connectivity index (χ1n) is 10.9. The van der Waals surface area contributed by atoms with E-state index in [-0.39, 0.29) is 33.5 Å². The number of amides is 1. The van der Waals surface area contributed by atoms with Crippen molar-refractivity contribution >= 4 is 34.4 Å². The van der Waals surface area contributed by atoms with Crippen molar-refractivity contribution in [3.8, 4) is 22.9 Å². The van der Waals surface area contributed by atoms with Crippen LogP contribution in [0.15, 0.2) is 57.1 Å². The van der Waals surface area contributed by atoms with Gasteiger partial charge in [0.1, 0.15) is 29.4 Å². The number of rotatable bonds is 5. The summed E-state index contributed by atoms with van der Waals surface area (Å²) in [6.45, 7) is 0.891. The fraction of sp³-hybridized carbons (Fsp3) is 0.208. The van der Waals surface area contributed by atoms with Crippen molar-refractivity contribution in [2.75, 3.05) is 24.3 Å². The number of anilines is 1. The molecule has 1 aliphatic heterocycles. The summed E-state index contributed by atoms with van der Waals surface area (Å²) < 4.78 is 26.7. The van der Waals surface area contributed by atoms with Gasteiger partial charge >= 0.3 is 5.69 Å². The Morgan fingerprint density at radius 1 is 1.03 bits per heavy atom. The number of carbonyl (C=O) groups excluding carboxylic acids is 1. The van der Waals surface area contributed by atoms with Crippen molar-refractivity contribution in [1.29, 1.82) is 0 Å². The van der Waals surface area contributed by atoms with Gasteiger partial charge in [-0.3, -0.25) is 18.7 Å². The van der Waals surface area contributed by atoms with Gasteiger partial charge in [-0.25, -0.2) is 19.2 Å². The molecule has 4 aromatic rings. The molecule has 3 heterocycles. The molecule has 1 amide bonds. The van der Waals surface area contributed by atoms with E-state index in [1.807, 2.05) is 0 Å². The summed E-state index contributed by atoms with van der Waals surface area (Å²) in [7, 11) is 2.86. The second-order valence-electron chi connectivity index (χ2n) is 7.96. The Labute approximate surface area is 207 Å². The zero-order valence-electron chi connectivity index (χ0n) is 19.3. The van der Waals surface area contributed by atoms with Crippen LogP contribution in [0, 0.1) is 5.82 Å². The topological polar surface area (TPSA) is 117 Å². The standard InChI is InChI=1S/C24H20FN5O5S/c1-29-21-19(23(32)30(2)24(29)33)22(28-20(27-21)13-3-5-14(25)6-4-13)36-12-18(31)26-15-7-8-16-17(11-15)35-10-9-34-16/h3-8,11H,9-10,12H2,1-2H3,(H,26,31).